The molecule has 2 rings (SSSR count). The Kier molecular flexibility index (Phi) is 5.80. The Hall–Kier alpha value is 0.1000. The largest absolute Gasteiger partial charge is 0.312 e. The zero-order valence-electron chi connectivity index (χ0n) is 7.19. The number of rotatable bonds is 0. The van der Waals surface area contributed by atoms with Crippen molar-refractivity contribution in [2.45, 2.75) is 12.6 Å². The topological polar surface area (TPSA) is 38.0 Å². The molecule has 1 atom stereocenters. The summed E-state index contributed by atoms with van der Waals surface area (Å²) < 4.78 is 0. The number of fused-ring (bicyclic) bond motifs is 1. The van der Waals surface area contributed by atoms with Gasteiger partial charge in [0.05, 0.1) is 6.17 Å². The quantitative estimate of drug-likeness (QED) is 0.769. The van der Waals surface area contributed by atoms with Crippen LogP contribution in [0.1, 0.15) is 17.3 Å². The molecule has 0 fully saturated rings. The number of halogens is 2. The second-order valence-corrected chi connectivity index (χ2v) is 2.88. The van der Waals surface area contributed by atoms with E-state index in [0.717, 1.165) is 13.0 Å². The summed E-state index contributed by atoms with van der Waals surface area (Å²) in [5.74, 6) is 0. The molecule has 0 radical (unpaired) electrons. The second-order valence-electron chi connectivity index (χ2n) is 2.88. The van der Waals surface area contributed by atoms with Crippen LogP contribution in [-0.4, -0.2) is 6.54 Å². The molecule has 0 saturated heterocycles. The summed E-state index contributed by atoms with van der Waals surface area (Å²) in [5.41, 5.74) is 8.47. The highest BCUT2D eigenvalue weighted by Crippen LogP contribution is 2.17. The van der Waals surface area contributed by atoms with E-state index in [1.165, 1.54) is 11.1 Å². The highest BCUT2D eigenvalue weighted by atomic mass is 79.9. The molecule has 0 bridgehead atoms. The van der Waals surface area contributed by atoms with Gasteiger partial charge in [0.1, 0.15) is 0 Å². The molecule has 1 aliphatic rings. The highest BCUT2D eigenvalue weighted by Gasteiger charge is 2.13. The summed E-state index contributed by atoms with van der Waals surface area (Å²) in [7, 11) is 0. The lowest BCUT2D eigenvalue weighted by atomic mass is 9.99. The van der Waals surface area contributed by atoms with Crippen molar-refractivity contribution in [2.24, 2.45) is 5.73 Å². The van der Waals surface area contributed by atoms with E-state index < -0.39 is 0 Å². The molecule has 1 unspecified atom stereocenters. The number of nitrogens with one attached hydrogen (secondary N) is 1. The maximum atomic E-state index is 5.84. The Balaban J connectivity index is 0.000000720. The highest BCUT2D eigenvalue weighted by molar-refractivity contribution is 8.93. The van der Waals surface area contributed by atoms with E-state index >= 15 is 0 Å². The standard InChI is InChI=1S/C9H12N2.2BrH/c10-9-8-4-2-1-3-7(8)5-6-11-9;;/h1-4,9,11H,5-6,10H2;2*1H. The molecule has 0 saturated carbocycles. The molecule has 13 heavy (non-hydrogen) atoms. The average Bonchev–Trinajstić information content (AvgIpc) is 2.06. The molecule has 1 aromatic rings. The summed E-state index contributed by atoms with van der Waals surface area (Å²) >= 11 is 0. The van der Waals surface area contributed by atoms with Crippen molar-refractivity contribution in [1.29, 1.82) is 0 Å². The van der Waals surface area contributed by atoms with Gasteiger partial charge >= 0.3 is 0 Å². The maximum absolute atomic E-state index is 5.84. The molecule has 4 heteroatoms. The van der Waals surface area contributed by atoms with Gasteiger partial charge in [0.25, 0.3) is 0 Å². The van der Waals surface area contributed by atoms with Crippen LogP contribution in [0.4, 0.5) is 0 Å². The molecule has 1 aliphatic heterocycles. The van der Waals surface area contributed by atoms with Crippen molar-refractivity contribution in [1.82, 2.24) is 5.32 Å². The molecular weight excluding hydrogens is 296 g/mol. The summed E-state index contributed by atoms with van der Waals surface area (Å²) in [4.78, 5) is 0. The molecule has 0 aromatic heterocycles. The van der Waals surface area contributed by atoms with Crippen molar-refractivity contribution in [3.63, 3.8) is 0 Å². The van der Waals surface area contributed by atoms with E-state index in [9.17, 15) is 0 Å². The zero-order chi connectivity index (χ0) is 7.68. The first-order valence-corrected chi connectivity index (χ1v) is 3.95. The number of benzene rings is 1. The van der Waals surface area contributed by atoms with Gasteiger partial charge in [-0.2, -0.15) is 0 Å². The maximum Gasteiger partial charge on any atom is 0.0812 e. The van der Waals surface area contributed by atoms with Crippen LogP contribution in [-0.2, 0) is 6.42 Å². The predicted octanol–water partition coefficient (Wildman–Crippen LogP) is 1.95. The van der Waals surface area contributed by atoms with Gasteiger partial charge in [-0.25, -0.2) is 0 Å². The van der Waals surface area contributed by atoms with Crippen LogP contribution in [0, 0.1) is 0 Å². The van der Waals surface area contributed by atoms with Crippen molar-refractivity contribution < 1.29 is 0 Å². The third-order valence-corrected chi connectivity index (χ3v) is 2.15. The van der Waals surface area contributed by atoms with Gasteiger partial charge in [0.15, 0.2) is 0 Å². The van der Waals surface area contributed by atoms with Crippen LogP contribution in [0.15, 0.2) is 24.3 Å². The molecular formula is C9H14Br2N2. The van der Waals surface area contributed by atoms with E-state index in [1.807, 2.05) is 6.07 Å². The minimum absolute atomic E-state index is 0. The lowest BCUT2D eigenvalue weighted by molar-refractivity contribution is 0.521. The average molecular weight is 310 g/mol. The molecule has 1 heterocycles. The Morgan fingerprint density at radius 1 is 1.23 bits per heavy atom. The van der Waals surface area contributed by atoms with E-state index in [-0.39, 0.29) is 40.1 Å². The van der Waals surface area contributed by atoms with Crippen molar-refractivity contribution >= 4 is 34.0 Å². The lowest BCUT2D eigenvalue weighted by Gasteiger charge is -2.23. The van der Waals surface area contributed by atoms with Crippen LogP contribution in [0.25, 0.3) is 0 Å². The third-order valence-electron chi connectivity index (χ3n) is 2.15. The van der Waals surface area contributed by atoms with Gasteiger partial charge in [0.2, 0.25) is 0 Å². The molecule has 1 aromatic carbocycles. The third kappa shape index (κ3) is 2.77. The van der Waals surface area contributed by atoms with E-state index in [2.05, 4.69) is 23.5 Å². The van der Waals surface area contributed by atoms with E-state index in [0.29, 0.717) is 0 Å². The zero-order valence-corrected chi connectivity index (χ0v) is 10.6. The van der Waals surface area contributed by atoms with Crippen LogP contribution in [0.3, 0.4) is 0 Å². The lowest BCUT2D eigenvalue weighted by Crippen LogP contribution is -2.35. The van der Waals surface area contributed by atoms with Gasteiger partial charge in [-0.05, 0) is 17.5 Å². The van der Waals surface area contributed by atoms with Gasteiger partial charge in [-0.15, -0.1) is 34.0 Å². The Morgan fingerprint density at radius 3 is 2.62 bits per heavy atom. The minimum atomic E-state index is 0. The molecule has 2 nitrogen and oxygen atoms in total. The molecule has 0 amide bonds. The molecule has 74 valence electrons. The summed E-state index contributed by atoms with van der Waals surface area (Å²) in [5, 5.41) is 3.22. The fraction of sp³-hybridized carbons (Fsp3) is 0.333. The minimum Gasteiger partial charge on any atom is -0.312 e. The Morgan fingerprint density at radius 2 is 1.92 bits per heavy atom. The first-order valence-electron chi connectivity index (χ1n) is 3.95. The normalized spacial score (nSPS) is 19.3. The van der Waals surface area contributed by atoms with Gasteiger partial charge in [-0.1, -0.05) is 24.3 Å². The summed E-state index contributed by atoms with van der Waals surface area (Å²) in [6.45, 7) is 0.998. The van der Waals surface area contributed by atoms with Gasteiger partial charge in [0, 0.05) is 6.54 Å². The van der Waals surface area contributed by atoms with Gasteiger partial charge < -0.3 is 5.73 Å². The van der Waals surface area contributed by atoms with Crippen molar-refractivity contribution in [3.8, 4) is 0 Å². The number of hydrogen-bond acceptors (Lipinski definition) is 2. The SMILES string of the molecule is Br.Br.NC1NCCc2ccccc21. The Bertz CT molecular complexity index is 266. The molecule has 0 spiro atoms. The fourth-order valence-corrected chi connectivity index (χ4v) is 1.54. The van der Waals surface area contributed by atoms with E-state index in [1.54, 1.807) is 0 Å². The van der Waals surface area contributed by atoms with Crippen LogP contribution in [0.5, 0.6) is 0 Å². The Labute approximate surface area is 99.4 Å². The number of nitrogens with two attached hydrogens (primary N) is 1. The smallest absolute Gasteiger partial charge is 0.0812 e. The van der Waals surface area contributed by atoms with Gasteiger partial charge in [-0.3, -0.25) is 5.32 Å². The first-order chi connectivity index (χ1) is 5.38. The summed E-state index contributed by atoms with van der Waals surface area (Å²) in [6.07, 6.45) is 1.14. The van der Waals surface area contributed by atoms with Crippen LogP contribution < -0.4 is 11.1 Å². The van der Waals surface area contributed by atoms with Crippen LogP contribution >= 0.6 is 34.0 Å². The van der Waals surface area contributed by atoms with E-state index in [4.69, 9.17) is 5.73 Å². The predicted molar refractivity (Wildman–Crippen MR) is 65.7 cm³/mol. The van der Waals surface area contributed by atoms with Crippen LogP contribution in [0.2, 0.25) is 0 Å². The fourth-order valence-electron chi connectivity index (χ4n) is 1.54. The molecule has 0 aliphatic carbocycles. The second kappa shape index (κ2) is 5.75. The first kappa shape index (κ1) is 13.1. The summed E-state index contributed by atoms with van der Waals surface area (Å²) in [6, 6.07) is 8.34. The monoisotopic (exact) mass is 308 g/mol. The molecule has 3 N–H and O–H groups in total. The van der Waals surface area contributed by atoms with Crippen molar-refractivity contribution in [3.05, 3.63) is 35.4 Å². The number of hydrogen-bond donors (Lipinski definition) is 2. The van der Waals surface area contributed by atoms with Crippen molar-refractivity contribution in [2.75, 3.05) is 6.54 Å².